The summed E-state index contributed by atoms with van der Waals surface area (Å²) < 4.78 is 18.5. The number of hydrogen-bond donors (Lipinski definition) is 0. The lowest BCUT2D eigenvalue weighted by atomic mass is 10.0. The highest BCUT2D eigenvalue weighted by atomic mass is 28.4. The van der Waals surface area contributed by atoms with Crippen LogP contribution in [-0.4, -0.2) is 33.6 Å². The first-order valence-electron chi connectivity index (χ1n) is 11.9. The average molecular weight is 439 g/mol. The van der Waals surface area contributed by atoms with Crippen molar-refractivity contribution in [1.82, 2.24) is 0 Å². The Morgan fingerprint density at radius 2 is 1.26 bits per heavy atom. The zero-order valence-corrected chi connectivity index (χ0v) is 20.7. The van der Waals surface area contributed by atoms with Gasteiger partial charge in [-0.2, -0.15) is 0 Å². The van der Waals surface area contributed by atoms with E-state index < -0.39 is 8.56 Å². The number of rotatable bonds is 7. The molecule has 0 bridgehead atoms. The van der Waals surface area contributed by atoms with Gasteiger partial charge < -0.3 is 13.6 Å². The molecule has 1 atom stereocenters. The van der Waals surface area contributed by atoms with Crippen LogP contribution in [0.2, 0.25) is 6.04 Å². The Hall–Kier alpha value is -1.72. The van der Waals surface area contributed by atoms with E-state index in [0.717, 1.165) is 38.7 Å². The van der Waals surface area contributed by atoms with Gasteiger partial charge in [-0.3, -0.25) is 0 Å². The summed E-state index contributed by atoms with van der Waals surface area (Å²) >= 11 is 0. The van der Waals surface area contributed by atoms with Crippen molar-refractivity contribution in [3.8, 4) is 0 Å². The van der Waals surface area contributed by atoms with Gasteiger partial charge in [-0.15, -0.1) is 0 Å². The molecule has 1 fully saturated rings. The molecule has 1 aliphatic heterocycles. The van der Waals surface area contributed by atoms with Gasteiger partial charge in [0, 0.05) is 19.8 Å². The minimum atomic E-state index is -2.21. The van der Waals surface area contributed by atoms with Crippen molar-refractivity contribution in [2.24, 2.45) is 0 Å². The first-order chi connectivity index (χ1) is 15.1. The summed E-state index contributed by atoms with van der Waals surface area (Å²) in [6.45, 7) is 10.6. The smallest absolute Gasteiger partial charge is 0.371 e. The van der Waals surface area contributed by atoms with Crippen LogP contribution in [0.25, 0.3) is 21.5 Å². The third-order valence-corrected chi connectivity index (χ3v) is 11.1. The van der Waals surface area contributed by atoms with E-state index in [-0.39, 0.29) is 5.22 Å². The van der Waals surface area contributed by atoms with Gasteiger partial charge in [0.15, 0.2) is 0 Å². The number of benzene rings is 3. The first-order valence-corrected chi connectivity index (χ1v) is 14.0. The summed E-state index contributed by atoms with van der Waals surface area (Å²) in [5, 5.41) is 5.18. The van der Waals surface area contributed by atoms with Crippen LogP contribution in [0, 0.1) is 0 Å². The Kier molecular flexibility index (Phi) is 8.67. The Morgan fingerprint density at radius 3 is 1.74 bits per heavy atom. The molecule has 0 aliphatic carbocycles. The standard InChI is InChI=1S/C14H10.C13H28O3Si/c1-3-7-13-11(5-1)9-10-12-6-2-4-8-14(12)13;1-5-13(14-6-2)11-9-10-12-17(13,15-7-3)16-8-4/h1-10H;5-12H2,1-4H3. The number of hydrogen-bond acceptors (Lipinski definition) is 3. The van der Waals surface area contributed by atoms with Crippen LogP contribution >= 0.6 is 0 Å². The zero-order valence-electron chi connectivity index (χ0n) is 19.7. The van der Waals surface area contributed by atoms with E-state index in [2.05, 4.69) is 88.4 Å². The quantitative estimate of drug-likeness (QED) is 0.284. The van der Waals surface area contributed by atoms with Crippen molar-refractivity contribution in [2.45, 2.75) is 64.6 Å². The average Bonchev–Trinajstić information content (AvgIpc) is 2.81. The highest BCUT2D eigenvalue weighted by Gasteiger charge is 2.58. The van der Waals surface area contributed by atoms with Crippen LogP contribution < -0.4 is 0 Å². The van der Waals surface area contributed by atoms with Crippen LogP contribution in [0.5, 0.6) is 0 Å². The Morgan fingerprint density at radius 1 is 0.710 bits per heavy atom. The SMILES string of the molecule is CCOC1(CC)CCCC[Si]1(OCC)OCC.c1ccc2c(c1)ccc1ccccc12. The summed E-state index contributed by atoms with van der Waals surface area (Å²) in [4.78, 5) is 0. The van der Waals surface area contributed by atoms with Gasteiger partial charge >= 0.3 is 8.56 Å². The van der Waals surface area contributed by atoms with Gasteiger partial charge in [-0.1, -0.05) is 80.4 Å². The van der Waals surface area contributed by atoms with Crippen LogP contribution in [0.3, 0.4) is 0 Å². The van der Waals surface area contributed by atoms with Gasteiger partial charge in [-0.25, -0.2) is 0 Å². The molecule has 0 N–H and O–H groups in total. The van der Waals surface area contributed by atoms with Crippen LogP contribution in [0.15, 0.2) is 60.7 Å². The molecule has 3 aromatic carbocycles. The fraction of sp³-hybridized carbons (Fsp3) is 0.481. The number of ether oxygens (including phenoxy) is 1. The molecular weight excluding hydrogens is 400 g/mol. The molecule has 0 aromatic heterocycles. The number of fused-ring (bicyclic) bond motifs is 3. The summed E-state index contributed by atoms with van der Waals surface area (Å²) in [6.07, 6.45) is 4.57. The highest BCUT2D eigenvalue weighted by Crippen LogP contribution is 2.43. The molecule has 0 spiro atoms. The summed E-state index contributed by atoms with van der Waals surface area (Å²) in [5.41, 5.74) is 0. The molecule has 1 saturated heterocycles. The third-order valence-electron chi connectivity index (χ3n) is 6.43. The topological polar surface area (TPSA) is 27.7 Å². The fourth-order valence-corrected chi connectivity index (χ4v) is 9.53. The van der Waals surface area contributed by atoms with E-state index in [1.165, 1.54) is 34.4 Å². The van der Waals surface area contributed by atoms with E-state index >= 15 is 0 Å². The van der Waals surface area contributed by atoms with Crippen molar-refractivity contribution < 1.29 is 13.6 Å². The maximum Gasteiger partial charge on any atom is 0.371 e. The first kappa shape index (κ1) is 23.9. The minimum Gasteiger partial charge on any atom is -0.393 e. The van der Waals surface area contributed by atoms with E-state index in [0.29, 0.717) is 0 Å². The van der Waals surface area contributed by atoms with Crippen molar-refractivity contribution in [1.29, 1.82) is 0 Å². The maximum atomic E-state index is 6.16. The molecule has 0 radical (unpaired) electrons. The third kappa shape index (κ3) is 5.03. The second kappa shape index (κ2) is 11.2. The summed E-state index contributed by atoms with van der Waals surface area (Å²) in [5.74, 6) is 0. The molecular formula is C27H38O3Si. The predicted molar refractivity (Wildman–Crippen MR) is 134 cm³/mol. The molecule has 4 rings (SSSR count). The van der Waals surface area contributed by atoms with Crippen molar-refractivity contribution in [3.63, 3.8) is 0 Å². The molecule has 31 heavy (non-hydrogen) atoms. The van der Waals surface area contributed by atoms with Crippen LogP contribution in [-0.2, 0) is 13.6 Å². The molecule has 4 heteroatoms. The van der Waals surface area contributed by atoms with Gasteiger partial charge in [0.25, 0.3) is 0 Å². The lowest BCUT2D eigenvalue weighted by Crippen LogP contribution is -2.65. The fourth-order valence-electron chi connectivity index (χ4n) is 5.06. The summed E-state index contributed by atoms with van der Waals surface area (Å²) in [7, 11) is -2.21. The molecule has 0 saturated carbocycles. The largest absolute Gasteiger partial charge is 0.393 e. The van der Waals surface area contributed by atoms with Crippen molar-refractivity contribution in [2.75, 3.05) is 19.8 Å². The van der Waals surface area contributed by atoms with Crippen molar-refractivity contribution >= 4 is 30.1 Å². The maximum absolute atomic E-state index is 6.16. The second-order valence-electron chi connectivity index (χ2n) is 8.11. The molecule has 3 aromatic rings. The van der Waals surface area contributed by atoms with Gasteiger partial charge in [-0.05, 0) is 61.2 Å². The molecule has 1 unspecified atom stereocenters. The van der Waals surface area contributed by atoms with E-state index in [9.17, 15) is 0 Å². The van der Waals surface area contributed by atoms with E-state index in [1.54, 1.807) is 0 Å². The van der Waals surface area contributed by atoms with E-state index in [1.807, 2.05) is 0 Å². The summed E-state index contributed by atoms with van der Waals surface area (Å²) in [6, 6.07) is 22.5. The highest BCUT2D eigenvalue weighted by molar-refractivity contribution is 6.70. The monoisotopic (exact) mass is 438 g/mol. The molecule has 0 amide bonds. The van der Waals surface area contributed by atoms with Crippen LogP contribution in [0.1, 0.15) is 53.4 Å². The van der Waals surface area contributed by atoms with Crippen molar-refractivity contribution in [3.05, 3.63) is 60.7 Å². The molecule has 168 valence electrons. The molecule has 1 heterocycles. The molecule has 3 nitrogen and oxygen atoms in total. The van der Waals surface area contributed by atoms with Gasteiger partial charge in [0.2, 0.25) is 0 Å². The Bertz CT molecular complexity index is 887. The van der Waals surface area contributed by atoms with Gasteiger partial charge in [0.1, 0.15) is 5.22 Å². The molecule has 1 aliphatic rings. The predicted octanol–water partition coefficient (Wildman–Crippen LogP) is 7.40. The normalized spacial score (nSPS) is 20.4. The minimum absolute atomic E-state index is 0.119. The van der Waals surface area contributed by atoms with E-state index in [4.69, 9.17) is 13.6 Å². The lowest BCUT2D eigenvalue weighted by Gasteiger charge is -2.49. The zero-order chi connectivity index (χ0) is 22.2. The van der Waals surface area contributed by atoms with Gasteiger partial charge in [0.05, 0.1) is 0 Å². The lowest BCUT2D eigenvalue weighted by molar-refractivity contribution is -0.0426. The Balaban J connectivity index is 0.000000178. The van der Waals surface area contributed by atoms with Crippen LogP contribution in [0.4, 0.5) is 0 Å². The second-order valence-corrected chi connectivity index (χ2v) is 11.6. The Labute approximate surface area is 189 Å².